The molecule has 3 aromatic rings. The predicted octanol–water partition coefficient (Wildman–Crippen LogP) is 5.68. The third kappa shape index (κ3) is 6.56. The Balaban J connectivity index is 1.36. The zero-order valence-corrected chi connectivity index (χ0v) is 25.0. The molecule has 1 saturated heterocycles. The predicted molar refractivity (Wildman–Crippen MR) is 162 cm³/mol. The Labute approximate surface area is 248 Å². The number of rotatable bonds is 11. The molecule has 1 saturated carbocycles. The van der Waals surface area contributed by atoms with E-state index in [1.54, 1.807) is 6.07 Å². The first-order valence-electron chi connectivity index (χ1n) is 15.3. The molecule has 1 aliphatic heterocycles. The average Bonchev–Trinajstić information content (AvgIpc) is 3.50. The molecule has 0 radical (unpaired) electrons. The fraction of sp³-hybridized carbons (Fsp3) is 0.529. The van der Waals surface area contributed by atoms with Crippen LogP contribution in [0.4, 0.5) is 0 Å². The van der Waals surface area contributed by atoms with Gasteiger partial charge in [-0.15, -0.1) is 0 Å². The van der Waals surface area contributed by atoms with Gasteiger partial charge >= 0.3 is 0 Å². The Hall–Kier alpha value is -3.20. The average molecular weight is 579 g/mol. The molecule has 0 bridgehead atoms. The molecule has 0 spiro atoms. The van der Waals surface area contributed by atoms with Crippen LogP contribution < -0.4 is 10.1 Å². The second-order valence-electron chi connectivity index (χ2n) is 12.3. The topological polar surface area (TPSA) is 127 Å². The van der Waals surface area contributed by atoms with Crippen LogP contribution >= 0.6 is 0 Å². The van der Waals surface area contributed by atoms with Crippen molar-refractivity contribution >= 4 is 0 Å². The third-order valence-corrected chi connectivity index (χ3v) is 9.47. The first kappa shape index (κ1) is 30.3. The van der Waals surface area contributed by atoms with Crippen molar-refractivity contribution in [3.8, 4) is 23.0 Å². The maximum Gasteiger partial charge on any atom is 0.200 e. The van der Waals surface area contributed by atoms with Crippen LogP contribution in [0.1, 0.15) is 85.3 Å². The Bertz CT molecular complexity index is 1330. The fourth-order valence-electron chi connectivity index (χ4n) is 6.96. The van der Waals surface area contributed by atoms with Gasteiger partial charge in [0.25, 0.3) is 0 Å². The lowest BCUT2D eigenvalue weighted by Gasteiger charge is -2.45. The summed E-state index contributed by atoms with van der Waals surface area (Å²) in [5, 5.41) is 46.2. The number of fused-ring (bicyclic) bond motifs is 1. The van der Waals surface area contributed by atoms with E-state index in [1.165, 1.54) is 12.7 Å². The summed E-state index contributed by atoms with van der Waals surface area (Å²) in [5.74, 6) is 0.906. The van der Waals surface area contributed by atoms with E-state index in [-0.39, 0.29) is 35.2 Å². The molecule has 42 heavy (non-hydrogen) atoms. The molecule has 5 rings (SSSR count). The van der Waals surface area contributed by atoms with Crippen molar-refractivity contribution in [1.29, 1.82) is 0 Å². The maximum absolute atomic E-state index is 11.3. The molecule has 0 amide bonds. The van der Waals surface area contributed by atoms with Gasteiger partial charge in [0.1, 0.15) is 5.75 Å². The van der Waals surface area contributed by atoms with Gasteiger partial charge in [-0.2, -0.15) is 0 Å². The van der Waals surface area contributed by atoms with Gasteiger partial charge in [-0.25, -0.2) is 0 Å². The number of aromatic nitrogens is 1. The number of aromatic hydroxyl groups is 3. The van der Waals surface area contributed by atoms with Crippen molar-refractivity contribution in [3.05, 3.63) is 70.5 Å². The summed E-state index contributed by atoms with van der Waals surface area (Å²) in [7, 11) is 3.45. The number of ether oxygens (including phenoxy) is 2. The number of phenols is 3. The van der Waals surface area contributed by atoms with Crippen LogP contribution in [0.5, 0.6) is 23.0 Å². The van der Waals surface area contributed by atoms with Crippen LogP contribution in [0.2, 0.25) is 0 Å². The van der Waals surface area contributed by atoms with E-state index in [0.29, 0.717) is 24.5 Å². The minimum Gasteiger partial charge on any atom is -0.508 e. The van der Waals surface area contributed by atoms with Gasteiger partial charge in [0.2, 0.25) is 5.75 Å². The van der Waals surface area contributed by atoms with Crippen molar-refractivity contribution in [2.45, 2.75) is 82.5 Å². The van der Waals surface area contributed by atoms with Crippen molar-refractivity contribution in [1.82, 2.24) is 10.3 Å². The van der Waals surface area contributed by atoms with Crippen molar-refractivity contribution in [2.75, 3.05) is 20.7 Å². The van der Waals surface area contributed by atoms with E-state index in [0.717, 1.165) is 67.3 Å². The van der Waals surface area contributed by atoms with Crippen LogP contribution in [-0.2, 0) is 17.6 Å². The molecule has 8 nitrogen and oxygen atoms in total. The quantitative estimate of drug-likeness (QED) is 0.162. The Morgan fingerprint density at radius 2 is 1.90 bits per heavy atom. The van der Waals surface area contributed by atoms with Gasteiger partial charge in [-0.05, 0) is 104 Å². The number of aromatic amines is 1. The van der Waals surface area contributed by atoms with Crippen molar-refractivity contribution < 1.29 is 29.9 Å². The lowest BCUT2D eigenvalue weighted by molar-refractivity contribution is -0.154. The van der Waals surface area contributed by atoms with Crippen molar-refractivity contribution in [2.24, 2.45) is 11.8 Å². The van der Waals surface area contributed by atoms with E-state index in [2.05, 4.69) is 23.3 Å². The highest BCUT2D eigenvalue weighted by Crippen LogP contribution is 2.50. The fourth-order valence-corrected chi connectivity index (χ4v) is 6.96. The first-order chi connectivity index (χ1) is 20.3. The van der Waals surface area contributed by atoms with E-state index in [9.17, 15) is 20.4 Å². The number of H-pyrrole nitrogens is 1. The van der Waals surface area contributed by atoms with Crippen LogP contribution in [0.3, 0.4) is 0 Å². The van der Waals surface area contributed by atoms with Crippen LogP contribution in [0.15, 0.2) is 42.7 Å². The lowest BCUT2D eigenvalue weighted by Crippen LogP contribution is -2.44. The normalized spacial score (nSPS) is 24.7. The molecule has 1 aliphatic carbocycles. The molecule has 2 aliphatic rings. The summed E-state index contributed by atoms with van der Waals surface area (Å²) in [5.41, 5.74) is 4.67. The summed E-state index contributed by atoms with van der Waals surface area (Å²) in [4.78, 5) is 3.06. The van der Waals surface area contributed by atoms with E-state index in [4.69, 9.17) is 9.47 Å². The number of aliphatic hydroxyl groups is 1. The Kier molecular flexibility index (Phi) is 9.66. The highest BCUT2D eigenvalue weighted by atomic mass is 16.5. The molecule has 2 fully saturated rings. The van der Waals surface area contributed by atoms with Crippen LogP contribution in [-0.4, -0.2) is 58.3 Å². The second-order valence-corrected chi connectivity index (χ2v) is 12.3. The standard InChI is InChI=1S/C34H46N2O6/c1-20(10-12-35-2)4-5-24-15-22(7-9-28(24)37)23-6-8-25-29(38)18-32(42-31(25)16-23)26-17-30(39)33(40)34(41-3)27(26)14-21-11-13-36-19-21/h7,9,11,13,15,17,19-20,23,25,29,31-32,35-40H,4-6,8,10,12,14,16,18H2,1-3H3. The van der Waals surface area contributed by atoms with E-state index >= 15 is 0 Å². The van der Waals surface area contributed by atoms with Gasteiger partial charge in [0, 0.05) is 36.7 Å². The highest BCUT2D eigenvalue weighted by Gasteiger charge is 2.43. The molecule has 6 unspecified atom stereocenters. The second kappa shape index (κ2) is 13.4. The van der Waals surface area contributed by atoms with Gasteiger partial charge in [-0.3, -0.25) is 0 Å². The number of benzene rings is 2. The zero-order valence-electron chi connectivity index (χ0n) is 25.0. The number of hydrogen-bond donors (Lipinski definition) is 6. The first-order valence-corrected chi connectivity index (χ1v) is 15.3. The van der Waals surface area contributed by atoms with Crippen molar-refractivity contribution in [3.63, 3.8) is 0 Å². The van der Waals surface area contributed by atoms with Crippen LogP contribution in [0, 0.1) is 11.8 Å². The smallest absolute Gasteiger partial charge is 0.200 e. The molecule has 2 heterocycles. The zero-order chi connectivity index (χ0) is 29.8. The molecular weight excluding hydrogens is 532 g/mol. The molecule has 2 aromatic carbocycles. The third-order valence-electron chi connectivity index (χ3n) is 9.47. The minimum atomic E-state index is -0.536. The van der Waals surface area contributed by atoms with Gasteiger partial charge in [0.15, 0.2) is 11.5 Å². The molecular formula is C34H46N2O6. The lowest BCUT2D eigenvalue weighted by atomic mass is 9.71. The summed E-state index contributed by atoms with van der Waals surface area (Å²) in [6, 6.07) is 9.54. The molecule has 8 heteroatoms. The summed E-state index contributed by atoms with van der Waals surface area (Å²) >= 11 is 0. The maximum atomic E-state index is 11.3. The summed E-state index contributed by atoms with van der Waals surface area (Å²) in [6.07, 6.45) is 9.05. The molecule has 1 aromatic heterocycles. The number of methoxy groups -OCH3 is 1. The largest absolute Gasteiger partial charge is 0.508 e. The van der Waals surface area contributed by atoms with E-state index < -0.39 is 12.2 Å². The van der Waals surface area contributed by atoms with Gasteiger partial charge in [0.05, 0.1) is 25.4 Å². The monoisotopic (exact) mass is 578 g/mol. The SMILES string of the molecule is CNCCC(C)CCc1cc(C2CCC3C(O)CC(c4cc(O)c(O)c(OC)c4Cc4cc[nH]c4)OC3C2)ccc1O. The number of aryl methyl sites for hydroxylation is 1. The molecule has 6 atom stereocenters. The number of hydrogen-bond acceptors (Lipinski definition) is 7. The summed E-state index contributed by atoms with van der Waals surface area (Å²) < 4.78 is 12.3. The highest BCUT2D eigenvalue weighted by molar-refractivity contribution is 5.59. The summed E-state index contributed by atoms with van der Waals surface area (Å²) in [6.45, 7) is 3.25. The van der Waals surface area contributed by atoms with Crippen LogP contribution in [0.25, 0.3) is 0 Å². The number of nitrogens with one attached hydrogen (secondary N) is 2. The van der Waals surface area contributed by atoms with E-state index in [1.807, 2.05) is 37.6 Å². The Morgan fingerprint density at radius 1 is 1.07 bits per heavy atom. The molecule has 228 valence electrons. The minimum absolute atomic E-state index is 0.0443. The Morgan fingerprint density at radius 3 is 2.64 bits per heavy atom. The molecule has 6 N–H and O–H groups in total. The number of aliphatic hydroxyl groups excluding tert-OH is 1. The number of phenolic OH excluding ortho intramolecular Hbond substituents is 3. The van der Waals surface area contributed by atoms with Gasteiger partial charge in [-0.1, -0.05) is 19.1 Å². The van der Waals surface area contributed by atoms with Gasteiger partial charge < -0.3 is 40.2 Å².